The maximum Gasteiger partial charge on any atom is 0.326 e. The number of carbonyl (C=O) groups is 2. The fraction of sp³-hybridized carbons (Fsp3) is 0.267. The second-order valence-corrected chi connectivity index (χ2v) is 5.12. The van der Waals surface area contributed by atoms with Gasteiger partial charge in [0.25, 0.3) is 5.91 Å². The Morgan fingerprint density at radius 1 is 1.32 bits per heavy atom. The molecule has 3 rings (SSSR count). The number of halogens is 1. The van der Waals surface area contributed by atoms with Crippen molar-refractivity contribution >= 4 is 11.9 Å². The van der Waals surface area contributed by atoms with Crippen molar-refractivity contribution in [2.24, 2.45) is 0 Å². The van der Waals surface area contributed by atoms with Gasteiger partial charge in [0.1, 0.15) is 11.9 Å². The number of benzene rings is 1. The monoisotopic (exact) mass is 303 g/mol. The van der Waals surface area contributed by atoms with Gasteiger partial charge in [-0.15, -0.1) is 0 Å². The topological polar surface area (TPSA) is 75.4 Å². The van der Waals surface area contributed by atoms with Crippen molar-refractivity contribution < 1.29 is 19.1 Å². The second kappa shape index (κ2) is 5.59. The quantitative estimate of drug-likeness (QED) is 0.936. The Morgan fingerprint density at radius 3 is 2.86 bits per heavy atom. The fourth-order valence-electron chi connectivity index (χ4n) is 2.61. The van der Waals surface area contributed by atoms with Gasteiger partial charge in [-0.05, 0) is 37.1 Å². The molecule has 1 amide bonds. The standard InChI is InChI=1S/C15H14FN3O3/c16-10-3-1-4-11(9-10)19-8-6-12(17-19)14(20)18-7-2-5-13(18)15(21)22/h1,3-4,6,8-9,13H,2,5,7H2,(H,21,22)/t13-/m1/s1. The number of likely N-dealkylation sites (tertiary alicyclic amines) is 1. The first-order valence-corrected chi connectivity index (χ1v) is 6.91. The van der Waals surface area contributed by atoms with Gasteiger partial charge in [0, 0.05) is 12.7 Å². The number of amides is 1. The maximum atomic E-state index is 13.2. The zero-order valence-electron chi connectivity index (χ0n) is 11.6. The molecule has 6 nitrogen and oxygen atoms in total. The summed E-state index contributed by atoms with van der Waals surface area (Å²) in [7, 11) is 0. The number of rotatable bonds is 3. The third-order valence-corrected chi connectivity index (χ3v) is 3.68. The summed E-state index contributed by atoms with van der Waals surface area (Å²) in [4.78, 5) is 24.9. The summed E-state index contributed by atoms with van der Waals surface area (Å²) in [5.74, 6) is -1.82. The van der Waals surface area contributed by atoms with Gasteiger partial charge in [-0.25, -0.2) is 13.9 Å². The summed E-state index contributed by atoms with van der Waals surface area (Å²) in [5.41, 5.74) is 0.646. The minimum Gasteiger partial charge on any atom is -0.480 e. The molecule has 1 aromatic carbocycles. The lowest BCUT2D eigenvalue weighted by atomic mass is 10.2. The predicted molar refractivity (Wildman–Crippen MR) is 75.2 cm³/mol. The summed E-state index contributed by atoms with van der Waals surface area (Å²) >= 11 is 0. The summed E-state index contributed by atoms with van der Waals surface area (Å²) in [5, 5.41) is 13.3. The van der Waals surface area contributed by atoms with Crippen molar-refractivity contribution in [1.29, 1.82) is 0 Å². The van der Waals surface area contributed by atoms with Crippen LogP contribution in [0.15, 0.2) is 36.5 Å². The van der Waals surface area contributed by atoms with Gasteiger partial charge < -0.3 is 10.0 Å². The number of aliphatic carboxylic acids is 1. The first kappa shape index (κ1) is 14.2. The van der Waals surface area contributed by atoms with Gasteiger partial charge in [-0.3, -0.25) is 4.79 Å². The van der Waals surface area contributed by atoms with Gasteiger partial charge in [-0.2, -0.15) is 5.10 Å². The van der Waals surface area contributed by atoms with Crippen LogP contribution in [-0.4, -0.2) is 44.3 Å². The van der Waals surface area contributed by atoms with E-state index in [1.165, 1.54) is 27.8 Å². The Labute approximate surface area is 125 Å². The molecule has 0 bridgehead atoms. The van der Waals surface area contributed by atoms with Crippen LogP contribution in [-0.2, 0) is 4.79 Å². The van der Waals surface area contributed by atoms with E-state index in [2.05, 4.69) is 5.10 Å². The molecule has 2 aromatic rings. The minimum atomic E-state index is -1.00. The first-order chi connectivity index (χ1) is 10.6. The normalized spacial score (nSPS) is 17.7. The van der Waals surface area contributed by atoms with Crippen LogP contribution >= 0.6 is 0 Å². The highest BCUT2D eigenvalue weighted by Crippen LogP contribution is 2.20. The molecule has 22 heavy (non-hydrogen) atoms. The van der Waals surface area contributed by atoms with Crippen LogP contribution in [0.4, 0.5) is 4.39 Å². The lowest BCUT2D eigenvalue weighted by molar-refractivity contribution is -0.141. The molecule has 2 heterocycles. The molecule has 0 saturated carbocycles. The fourth-order valence-corrected chi connectivity index (χ4v) is 2.61. The number of carboxylic acids is 1. The van der Waals surface area contributed by atoms with Crippen LogP contribution in [0.5, 0.6) is 0 Å². The molecule has 1 aromatic heterocycles. The van der Waals surface area contributed by atoms with Crippen molar-refractivity contribution in [2.45, 2.75) is 18.9 Å². The molecule has 0 spiro atoms. The van der Waals surface area contributed by atoms with E-state index in [0.29, 0.717) is 25.1 Å². The number of aromatic nitrogens is 2. The van der Waals surface area contributed by atoms with Crippen molar-refractivity contribution in [3.05, 3.63) is 48.0 Å². The zero-order valence-corrected chi connectivity index (χ0v) is 11.6. The van der Waals surface area contributed by atoms with Gasteiger partial charge in [-0.1, -0.05) is 6.07 Å². The minimum absolute atomic E-state index is 0.150. The lowest BCUT2D eigenvalue weighted by Gasteiger charge is -2.20. The van der Waals surface area contributed by atoms with E-state index in [1.54, 1.807) is 18.3 Å². The van der Waals surface area contributed by atoms with E-state index in [4.69, 9.17) is 5.11 Å². The summed E-state index contributed by atoms with van der Waals surface area (Å²) in [6.07, 6.45) is 2.66. The molecule has 114 valence electrons. The molecule has 1 fully saturated rings. The van der Waals surface area contributed by atoms with Crippen LogP contribution in [0.25, 0.3) is 5.69 Å². The van der Waals surface area contributed by atoms with Gasteiger partial charge in [0.15, 0.2) is 5.69 Å². The number of hydrogen-bond acceptors (Lipinski definition) is 3. The van der Waals surface area contributed by atoms with E-state index in [9.17, 15) is 14.0 Å². The van der Waals surface area contributed by atoms with E-state index < -0.39 is 23.7 Å². The second-order valence-electron chi connectivity index (χ2n) is 5.12. The molecule has 7 heteroatoms. The highest BCUT2D eigenvalue weighted by Gasteiger charge is 2.35. The van der Waals surface area contributed by atoms with Crippen LogP contribution in [0, 0.1) is 5.82 Å². The van der Waals surface area contributed by atoms with Crippen LogP contribution < -0.4 is 0 Å². The van der Waals surface area contributed by atoms with Gasteiger partial charge in [0.2, 0.25) is 0 Å². The van der Waals surface area contributed by atoms with Crippen molar-refractivity contribution in [2.75, 3.05) is 6.54 Å². The Hall–Kier alpha value is -2.70. The summed E-state index contributed by atoms with van der Waals surface area (Å²) < 4.78 is 14.6. The summed E-state index contributed by atoms with van der Waals surface area (Å²) in [6, 6.07) is 6.55. The third kappa shape index (κ3) is 2.57. The van der Waals surface area contributed by atoms with Crippen LogP contribution in [0.2, 0.25) is 0 Å². The van der Waals surface area contributed by atoms with Crippen LogP contribution in [0.3, 0.4) is 0 Å². The van der Waals surface area contributed by atoms with E-state index in [0.717, 1.165) is 0 Å². The van der Waals surface area contributed by atoms with Crippen LogP contribution in [0.1, 0.15) is 23.3 Å². The highest BCUT2D eigenvalue weighted by molar-refractivity contribution is 5.95. The lowest BCUT2D eigenvalue weighted by Crippen LogP contribution is -2.40. The molecule has 1 aliphatic heterocycles. The molecule has 1 saturated heterocycles. The number of carboxylic acid groups (broad SMARTS) is 1. The zero-order chi connectivity index (χ0) is 15.7. The first-order valence-electron chi connectivity index (χ1n) is 6.91. The molecule has 0 radical (unpaired) electrons. The van der Waals surface area contributed by atoms with Crippen molar-refractivity contribution in [1.82, 2.24) is 14.7 Å². The van der Waals surface area contributed by atoms with Crippen molar-refractivity contribution in [3.63, 3.8) is 0 Å². The SMILES string of the molecule is O=C(O)[C@H]1CCCN1C(=O)c1ccn(-c2cccc(F)c2)n1. The average Bonchev–Trinajstić information content (AvgIpc) is 3.16. The number of carbonyl (C=O) groups excluding carboxylic acids is 1. The Balaban J connectivity index is 1.84. The average molecular weight is 303 g/mol. The molecular formula is C15H14FN3O3. The maximum absolute atomic E-state index is 13.2. The Kier molecular flexibility index (Phi) is 3.62. The summed E-state index contributed by atoms with van der Waals surface area (Å²) in [6.45, 7) is 0.405. The largest absolute Gasteiger partial charge is 0.480 e. The van der Waals surface area contributed by atoms with Crippen molar-refractivity contribution in [3.8, 4) is 5.69 Å². The predicted octanol–water partition coefficient (Wildman–Crippen LogP) is 1.70. The molecule has 1 aliphatic rings. The molecular weight excluding hydrogens is 289 g/mol. The molecule has 0 unspecified atom stereocenters. The Morgan fingerprint density at radius 2 is 2.14 bits per heavy atom. The van der Waals surface area contributed by atoms with Gasteiger partial charge >= 0.3 is 5.97 Å². The third-order valence-electron chi connectivity index (χ3n) is 3.68. The molecule has 1 atom stereocenters. The van der Waals surface area contributed by atoms with E-state index in [-0.39, 0.29) is 5.69 Å². The van der Waals surface area contributed by atoms with E-state index >= 15 is 0 Å². The molecule has 1 N–H and O–H groups in total. The number of nitrogens with zero attached hydrogens (tertiary/aromatic N) is 3. The van der Waals surface area contributed by atoms with Gasteiger partial charge in [0.05, 0.1) is 5.69 Å². The van der Waals surface area contributed by atoms with E-state index in [1.807, 2.05) is 0 Å². The molecule has 0 aliphatic carbocycles. The highest BCUT2D eigenvalue weighted by atomic mass is 19.1. The number of hydrogen-bond donors (Lipinski definition) is 1. The smallest absolute Gasteiger partial charge is 0.326 e. The Bertz CT molecular complexity index is 728.